The highest BCUT2D eigenvalue weighted by molar-refractivity contribution is 7.53. The number of anilines is 1. The van der Waals surface area contributed by atoms with Gasteiger partial charge in [-0.15, -0.1) is 0 Å². The Morgan fingerprint density at radius 3 is 2.50 bits per heavy atom. The number of imidazole rings is 1. The molecule has 14 heteroatoms. The number of fused-ring (bicyclic) bond motifs is 1. The summed E-state index contributed by atoms with van der Waals surface area (Å²) in [5.74, 6) is -0.617. The fraction of sp³-hybridized carbons (Fsp3) is 0.650. The van der Waals surface area contributed by atoms with Crippen molar-refractivity contribution in [3.05, 3.63) is 12.7 Å². The number of likely N-dealkylation sites (N-methyl/N-ethyl adjacent to an activating group) is 1. The van der Waals surface area contributed by atoms with E-state index < -0.39 is 38.7 Å². The van der Waals surface area contributed by atoms with Crippen LogP contribution in [0.15, 0.2) is 12.7 Å². The van der Waals surface area contributed by atoms with E-state index in [2.05, 4.69) is 15.0 Å². The minimum atomic E-state index is -3.92. The molecule has 0 aromatic carbocycles. The second-order valence-electron chi connectivity index (χ2n) is 8.29. The highest BCUT2D eigenvalue weighted by Crippen LogP contribution is 2.48. The van der Waals surface area contributed by atoms with Crippen LogP contribution in [0.25, 0.3) is 11.2 Å². The fourth-order valence-electron chi connectivity index (χ4n) is 2.71. The van der Waals surface area contributed by atoms with Gasteiger partial charge in [-0.1, -0.05) is 0 Å². The predicted octanol–water partition coefficient (Wildman–Crippen LogP) is 2.02. The van der Waals surface area contributed by atoms with Crippen molar-refractivity contribution in [2.75, 3.05) is 45.2 Å². The topological polar surface area (TPSA) is 161 Å². The molecule has 2 aromatic rings. The summed E-state index contributed by atoms with van der Waals surface area (Å²) in [7, 11) is -3.92. The molecule has 2 aromatic heterocycles. The maximum Gasteiger partial charge on any atom is 0.359 e. The lowest BCUT2D eigenvalue weighted by Gasteiger charge is -2.23. The van der Waals surface area contributed by atoms with Crippen LogP contribution in [0.5, 0.6) is 0 Å². The molecule has 1 unspecified atom stereocenters. The van der Waals surface area contributed by atoms with Gasteiger partial charge in [0.25, 0.3) is 0 Å². The number of hydrogen-bond acceptors (Lipinski definition) is 11. The van der Waals surface area contributed by atoms with Crippen LogP contribution in [0.4, 0.5) is 5.82 Å². The minimum Gasteiger partial charge on any atom is -0.438 e. The SMILES string of the molecule is CCN(CC)C(=O)COP(=O)(COCCn1cnc2c(N)ncnc21)OCOC(=O)C(C)(C)C. The van der Waals surface area contributed by atoms with Gasteiger partial charge in [-0.3, -0.25) is 23.2 Å². The van der Waals surface area contributed by atoms with Crippen molar-refractivity contribution in [1.82, 2.24) is 24.4 Å². The Bertz CT molecular complexity index is 1020. The van der Waals surface area contributed by atoms with E-state index in [9.17, 15) is 14.2 Å². The molecule has 0 saturated carbocycles. The number of rotatable bonds is 13. The summed E-state index contributed by atoms with van der Waals surface area (Å²) in [5.41, 5.74) is 6.02. The van der Waals surface area contributed by atoms with E-state index in [0.717, 1.165) is 0 Å². The second-order valence-corrected chi connectivity index (χ2v) is 10.3. The first-order chi connectivity index (χ1) is 16.0. The molecule has 0 aliphatic carbocycles. The highest BCUT2D eigenvalue weighted by Gasteiger charge is 2.30. The zero-order valence-corrected chi connectivity index (χ0v) is 21.1. The summed E-state index contributed by atoms with van der Waals surface area (Å²) in [5, 5.41) is 0. The van der Waals surface area contributed by atoms with Crippen LogP contribution in [0.1, 0.15) is 34.6 Å². The normalized spacial score (nSPS) is 13.6. The Morgan fingerprint density at radius 1 is 1.15 bits per heavy atom. The number of nitrogens with zero attached hydrogens (tertiary/aromatic N) is 5. The molecule has 190 valence electrons. The van der Waals surface area contributed by atoms with E-state index in [-0.39, 0.29) is 18.3 Å². The number of hydrogen-bond donors (Lipinski definition) is 1. The van der Waals surface area contributed by atoms with E-state index in [4.69, 9.17) is 24.3 Å². The second kappa shape index (κ2) is 12.2. The smallest absolute Gasteiger partial charge is 0.359 e. The monoisotopic (exact) mass is 500 g/mol. The van der Waals surface area contributed by atoms with Crippen molar-refractivity contribution in [2.45, 2.75) is 41.2 Å². The quantitative estimate of drug-likeness (QED) is 0.185. The first-order valence-electron chi connectivity index (χ1n) is 10.8. The van der Waals surface area contributed by atoms with Gasteiger partial charge in [0, 0.05) is 19.6 Å². The van der Waals surface area contributed by atoms with E-state index in [1.54, 1.807) is 31.7 Å². The first-order valence-corrected chi connectivity index (χ1v) is 12.6. The molecule has 0 aliphatic rings. The summed E-state index contributed by atoms with van der Waals surface area (Å²) >= 11 is 0. The molecule has 0 aliphatic heterocycles. The summed E-state index contributed by atoms with van der Waals surface area (Å²) < 4.78 is 36.0. The lowest BCUT2D eigenvalue weighted by Crippen LogP contribution is -2.33. The highest BCUT2D eigenvalue weighted by atomic mass is 31.2. The molecular formula is C20H33N6O7P. The number of carbonyl (C=O) groups excluding carboxylic acids is 2. The molecular weight excluding hydrogens is 467 g/mol. The van der Waals surface area contributed by atoms with Gasteiger partial charge in [0.1, 0.15) is 24.8 Å². The van der Waals surface area contributed by atoms with Crippen LogP contribution >= 0.6 is 7.60 Å². The maximum atomic E-state index is 13.2. The molecule has 1 amide bonds. The third-order valence-electron chi connectivity index (χ3n) is 4.71. The van der Waals surface area contributed by atoms with Gasteiger partial charge in [-0.2, -0.15) is 0 Å². The lowest BCUT2D eigenvalue weighted by atomic mass is 9.98. The molecule has 0 radical (unpaired) electrons. The largest absolute Gasteiger partial charge is 0.438 e. The van der Waals surface area contributed by atoms with Crippen LogP contribution in [0.2, 0.25) is 0 Å². The zero-order valence-electron chi connectivity index (χ0n) is 20.2. The van der Waals surface area contributed by atoms with Crippen LogP contribution in [-0.2, 0) is 39.2 Å². The number of aromatic nitrogens is 4. The molecule has 13 nitrogen and oxygen atoms in total. The molecule has 2 N–H and O–H groups in total. The Labute approximate surface area is 198 Å². The van der Waals surface area contributed by atoms with Gasteiger partial charge < -0.3 is 24.7 Å². The van der Waals surface area contributed by atoms with Crippen LogP contribution in [0, 0.1) is 5.41 Å². The number of amides is 1. The fourth-order valence-corrected chi connectivity index (χ4v) is 3.81. The molecule has 1 atom stereocenters. The van der Waals surface area contributed by atoms with Gasteiger partial charge in [-0.25, -0.2) is 15.0 Å². The molecule has 2 heterocycles. The van der Waals surface area contributed by atoms with Crippen molar-refractivity contribution in [2.24, 2.45) is 5.41 Å². The Kier molecular flexibility index (Phi) is 9.92. The van der Waals surface area contributed by atoms with E-state index in [0.29, 0.717) is 30.8 Å². The summed E-state index contributed by atoms with van der Waals surface area (Å²) in [6.07, 6.45) is 2.42. The van der Waals surface area contributed by atoms with Gasteiger partial charge in [0.15, 0.2) is 11.5 Å². The number of carbonyl (C=O) groups is 2. The first kappa shape index (κ1) is 27.6. The van der Waals surface area contributed by atoms with E-state index >= 15 is 0 Å². The van der Waals surface area contributed by atoms with Crippen molar-refractivity contribution in [3.8, 4) is 0 Å². The van der Waals surface area contributed by atoms with Crippen molar-refractivity contribution < 1.29 is 32.7 Å². The van der Waals surface area contributed by atoms with Crippen LogP contribution < -0.4 is 5.73 Å². The Balaban J connectivity index is 1.96. The third kappa shape index (κ3) is 7.73. The Morgan fingerprint density at radius 2 is 1.85 bits per heavy atom. The summed E-state index contributed by atoms with van der Waals surface area (Å²) in [6.45, 7) is 9.02. The number of esters is 1. The molecule has 0 fully saturated rings. The standard InChI is InChI=1S/C20H33N6O7P/c1-6-25(7-2)15(27)10-32-34(29,33-13-31-19(28)20(3,4)5)14-30-9-8-26-12-24-16-17(21)22-11-23-18(16)26/h11-12H,6-10,13-14H2,1-5H3,(H2,21,22,23). The lowest BCUT2D eigenvalue weighted by molar-refractivity contribution is -0.160. The van der Waals surface area contributed by atoms with Crippen molar-refractivity contribution >= 4 is 36.5 Å². The van der Waals surface area contributed by atoms with E-state index in [1.165, 1.54) is 11.2 Å². The minimum absolute atomic E-state index is 0.109. The predicted molar refractivity (Wildman–Crippen MR) is 124 cm³/mol. The average Bonchev–Trinajstić information content (AvgIpc) is 3.20. The van der Waals surface area contributed by atoms with Crippen LogP contribution in [0.3, 0.4) is 0 Å². The molecule has 34 heavy (non-hydrogen) atoms. The van der Waals surface area contributed by atoms with Gasteiger partial charge in [-0.05, 0) is 34.6 Å². The molecule has 2 rings (SSSR count). The van der Waals surface area contributed by atoms with Gasteiger partial charge in [0.05, 0.1) is 18.3 Å². The molecule has 0 saturated heterocycles. The Hall–Kier alpha value is -2.60. The van der Waals surface area contributed by atoms with Crippen molar-refractivity contribution in [3.63, 3.8) is 0 Å². The maximum absolute atomic E-state index is 13.2. The van der Waals surface area contributed by atoms with Gasteiger partial charge in [0.2, 0.25) is 12.7 Å². The number of ether oxygens (including phenoxy) is 2. The summed E-state index contributed by atoms with van der Waals surface area (Å²) in [6, 6.07) is 0. The zero-order chi connectivity index (χ0) is 25.4. The third-order valence-corrected chi connectivity index (χ3v) is 6.23. The van der Waals surface area contributed by atoms with Crippen LogP contribution in [-0.4, -0.2) is 75.7 Å². The van der Waals surface area contributed by atoms with Gasteiger partial charge >= 0.3 is 13.6 Å². The van der Waals surface area contributed by atoms with E-state index in [1.807, 2.05) is 13.8 Å². The molecule has 0 bridgehead atoms. The number of nitrogens with two attached hydrogens (primary N) is 1. The average molecular weight is 500 g/mol. The molecule has 0 spiro atoms. The van der Waals surface area contributed by atoms with Crippen molar-refractivity contribution in [1.29, 1.82) is 0 Å². The summed E-state index contributed by atoms with van der Waals surface area (Å²) in [4.78, 5) is 38.0. The number of nitrogen functional groups attached to an aromatic ring is 1.